The van der Waals surface area contributed by atoms with Crippen molar-refractivity contribution in [1.82, 2.24) is 5.32 Å². The molecular formula is C26H27N3O3S. The van der Waals surface area contributed by atoms with Gasteiger partial charge in [-0.15, -0.1) is 0 Å². The number of rotatable bonds is 7. The van der Waals surface area contributed by atoms with Gasteiger partial charge in [-0.3, -0.25) is 14.9 Å². The molecule has 33 heavy (non-hydrogen) atoms. The van der Waals surface area contributed by atoms with E-state index in [1.807, 2.05) is 31.2 Å². The quantitative estimate of drug-likeness (QED) is 0.410. The van der Waals surface area contributed by atoms with Gasteiger partial charge < -0.3 is 15.4 Å². The van der Waals surface area contributed by atoms with Gasteiger partial charge in [0.25, 0.3) is 11.8 Å². The lowest BCUT2D eigenvalue weighted by Crippen LogP contribution is -2.34. The average molecular weight is 462 g/mol. The fourth-order valence-corrected chi connectivity index (χ4v) is 3.16. The van der Waals surface area contributed by atoms with Gasteiger partial charge in [-0.1, -0.05) is 37.6 Å². The second-order valence-corrected chi connectivity index (χ2v) is 8.45. The number of ether oxygens (including phenoxy) is 1. The van der Waals surface area contributed by atoms with Crippen molar-refractivity contribution in [3.63, 3.8) is 0 Å². The van der Waals surface area contributed by atoms with E-state index in [4.69, 9.17) is 17.0 Å². The summed E-state index contributed by atoms with van der Waals surface area (Å²) in [7, 11) is 0. The first-order valence-corrected chi connectivity index (χ1v) is 11.0. The second-order valence-electron chi connectivity index (χ2n) is 8.04. The average Bonchev–Trinajstić information content (AvgIpc) is 2.79. The first kappa shape index (κ1) is 23.9. The molecule has 170 valence electrons. The van der Waals surface area contributed by atoms with Gasteiger partial charge >= 0.3 is 0 Å². The number of benzene rings is 3. The van der Waals surface area contributed by atoms with Crippen LogP contribution >= 0.6 is 12.2 Å². The Morgan fingerprint density at radius 1 is 0.848 bits per heavy atom. The number of nitrogens with one attached hydrogen (secondary N) is 3. The minimum Gasteiger partial charge on any atom is -0.493 e. The molecule has 0 fully saturated rings. The van der Waals surface area contributed by atoms with Crippen LogP contribution in [0.25, 0.3) is 0 Å². The molecule has 0 aliphatic rings. The van der Waals surface area contributed by atoms with Gasteiger partial charge in [0.2, 0.25) is 0 Å². The summed E-state index contributed by atoms with van der Waals surface area (Å²) in [6.07, 6.45) is 0. The minimum atomic E-state index is -0.329. The Balaban J connectivity index is 1.53. The highest BCUT2D eigenvalue weighted by molar-refractivity contribution is 7.80. The van der Waals surface area contributed by atoms with Crippen molar-refractivity contribution < 1.29 is 14.3 Å². The number of amides is 2. The van der Waals surface area contributed by atoms with Crippen molar-refractivity contribution in [3.8, 4) is 5.75 Å². The van der Waals surface area contributed by atoms with Crippen LogP contribution in [0.15, 0.2) is 72.8 Å². The molecule has 7 heteroatoms. The van der Waals surface area contributed by atoms with Gasteiger partial charge in [-0.05, 0) is 79.7 Å². The third-order valence-corrected chi connectivity index (χ3v) is 4.79. The molecule has 3 rings (SSSR count). The molecule has 0 spiro atoms. The summed E-state index contributed by atoms with van der Waals surface area (Å²) < 4.78 is 5.67. The van der Waals surface area contributed by atoms with E-state index in [2.05, 4.69) is 29.8 Å². The topological polar surface area (TPSA) is 79.5 Å². The van der Waals surface area contributed by atoms with Gasteiger partial charge in [-0.2, -0.15) is 0 Å². The molecule has 0 saturated carbocycles. The van der Waals surface area contributed by atoms with Crippen molar-refractivity contribution in [1.29, 1.82) is 0 Å². The summed E-state index contributed by atoms with van der Waals surface area (Å²) >= 11 is 5.27. The minimum absolute atomic E-state index is 0.171. The zero-order valence-electron chi connectivity index (χ0n) is 18.8. The molecular weight excluding hydrogens is 434 g/mol. The highest BCUT2D eigenvalue weighted by Gasteiger charge is 2.10. The van der Waals surface area contributed by atoms with Crippen LogP contribution in [0.3, 0.4) is 0 Å². The third-order valence-electron chi connectivity index (χ3n) is 4.59. The highest BCUT2D eigenvalue weighted by atomic mass is 32.1. The van der Waals surface area contributed by atoms with Crippen LogP contribution in [0.2, 0.25) is 0 Å². The maximum absolute atomic E-state index is 12.5. The monoisotopic (exact) mass is 461 g/mol. The molecule has 3 aromatic carbocycles. The summed E-state index contributed by atoms with van der Waals surface area (Å²) in [6, 6.07) is 21.4. The molecule has 0 bridgehead atoms. The molecule has 0 aliphatic heterocycles. The zero-order valence-corrected chi connectivity index (χ0v) is 19.7. The van der Waals surface area contributed by atoms with Crippen LogP contribution in [-0.4, -0.2) is 23.5 Å². The molecule has 0 saturated heterocycles. The molecule has 6 nitrogen and oxygen atoms in total. The maximum atomic E-state index is 12.5. The Morgan fingerprint density at radius 3 is 2.09 bits per heavy atom. The van der Waals surface area contributed by atoms with E-state index in [1.165, 1.54) is 0 Å². The molecule has 0 unspecified atom stereocenters. The van der Waals surface area contributed by atoms with Gasteiger partial charge in [0, 0.05) is 22.5 Å². The SMILES string of the molecule is Cc1cccc(C(=O)Nc2ccc(NC(=S)NC(=O)c3cccc(OCC(C)C)c3)cc2)c1. The summed E-state index contributed by atoms with van der Waals surface area (Å²) in [5.41, 5.74) is 3.41. The van der Waals surface area contributed by atoms with E-state index in [0.29, 0.717) is 40.8 Å². The van der Waals surface area contributed by atoms with Crippen molar-refractivity contribution in [3.05, 3.63) is 89.5 Å². The van der Waals surface area contributed by atoms with Crippen LogP contribution in [0.4, 0.5) is 11.4 Å². The number of carbonyl (C=O) groups excluding carboxylic acids is 2. The van der Waals surface area contributed by atoms with Crippen molar-refractivity contribution in [2.75, 3.05) is 17.2 Å². The fourth-order valence-electron chi connectivity index (χ4n) is 2.95. The second kappa shape index (κ2) is 11.2. The largest absolute Gasteiger partial charge is 0.493 e. The summed E-state index contributed by atoms with van der Waals surface area (Å²) in [5, 5.41) is 8.67. The van der Waals surface area contributed by atoms with E-state index in [0.717, 1.165) is 5.56 Å². The lowest BCUT2D eigenvalue weighted by molar-refractivity contribution is 0.0975. The Kier molecular flexibility index (Phi) is 8.16. The molecule has 3 N–H and O–H groups in total. The first-order valence-electron chi connectivity index (χ1n) is 10.6. The smallest absolute Gasteiger partial charge is 0.257 e. The third kappa shape index (κ3) is 7.43. The zero-order chi connectivity index (χ0) is 23.8. The summed E-state index contributed by atoms with van der Waals surface area (Å²) in [5.74, 6) is 0.520. The number of anilines is 2. The van der Waals surface area contributed by atoms with Crippen LogP contribution < -0.4 is 20.7 Å². The summed E-state index contributed by atoms with van der Waals surface area (Å²) in [4.78, 5) is 24.9. The van der Waals surface area contributed by atoms with Crippen LogP contribution in [0.1, 0.15) is 40.1 Å². The molecule has 2 amide bonds. The first-order chi connectivity index (χ1) is 15.8. The predicted molar refractivity (Wildman–Crippen MR) is 136 cm³/mol. The van der Waals surface area contributed by atoms with Gasteiger partial charge in [0.05, 0.1) is 6.61 Å². The van der Waals surface area contributed by atoms with Crippen molar-refractivity contribution in [2.45, 2.75) is 20.8 Å². The lowest BCUT2D eigenvalue weighted by atomic mass is 10.1. The lowest BCUT2D eigenvalue weighted by Gasteiger charge is -2.12. The molecule has 0 heterocycles. The predicted octanol–water partition coefficient (Wildman–Crippen LogP) is 5.41. The normalized spacial score (nSPS) is 10.4. The molecule has 0 aromatic heterocycles. The van der Waals surface area contributed by atoms with E-state index < -0.39 is 0 Å². The summed E-state index contributed by atoms with van der Waals surface area (Å²) in [6.45, 7) is 6.64. The van der Waals surface area contributed by atoms with Crippen molar-refractivity contribution >= 4 is 40.5 Å². The van der Waals surface area contributed by atoms with E-state index >= 15 is 0 Å². The van der Waals surface area contributed by atoms with E-state index in [-0.39, 0.29) is 16.9 Å². The number of thiocarbonyl (C=S) groups is 1. The van der Waals surface area contributed by atoms with Crippen LogP contribution in [0.5, 0.6) is 5.75 Å². The van der Waals surface area contributed by atoms with Crippen LogP contribution in [0, 0.1) is 12.8 Å². The Labute approximate surface area is 199 Å². The van der Waals surface area contributed by atoms with Crippen molar-refractivity contribution in [2.24, 2.45) is 5.92 Å². The number of hydrogen-bond donors (Lipinski definition) is 3. The number of carbonyl (C=O) groups is 2. The van der Waals surface area contributed by atoms with E-state index in [1.54, 1.807) is 48.5 Å². The molecule has 0 atom stereocenters. The van der Waals surface area contributed by atoms with Gasteiger partial charge in [0.1, 0.15) is 5.75 Å². The van der Waals surface area contributed by atoms with Crippen LogP contribution in [-0.2, 0) is 0 Å². The number of hydrogen-bond acceptors (Lipinski definition) is 4. The van der Waals surface area contributed by atoms with Gasteiger partial charge in [0.15, 0.2) is 5.11 Å². The maximum Gasteiger partial charge on any atom is 0.257 e. The number of aryl methyl sites for hydroxylation is 1. The fraction of sp³-hybridized carbons (Fsp3) is 0.192. The standard InChI is InChI=1S/C26H27N3O3S/c1-17(2)16-32-23-9-5-8-20(15-23)25(31)29-26(33)28-22-12-10-21(11-13-22)27-24(30)19-7-4-6-18(3)14-19/h4-15,17H,16H2,1-3H3,(H,27,30)(H2,28,29,31,33). The Morgan fingerprint density at radius 2 is 1.45 bits per heavy atom. The molecule has 3 aromatic rings. The Hall–Kier alpha value is -3.71. The van der Waals surface area contributed by atoms with E-state index in [9.17, 15) is 9.59 Å². The molecule has 0 radical (unpaired) electrons. The van der Waals surface area contributed by atoms with Gasteiger partial charge in [-0.25, -0.2) is 0 Å². The highest BCUT2D eigenvalue weighted by Crippen LogP contribution is 2.16. The Bertz CT molecular complexity index is 1140. The molecule has 0 aliphatic carbocycles.